The van der Waals surface area contributed by atoms with Crippen LogP contribution in [0.5, 0.6) is 0 Å². The van der Waals surface area contributed by atoms with Gasteiger partial charge >= 0.3 is 5.91 Å². The summed E-state index contributed by atoms with van der Waals surface area (Å²) in [6, 6.07) is 24.6. The normalized spacial score (nSPS) is 18.5. The Morgan fingerprint density at radius 2 is 1.54 bits per heavy atom. The molecule has 0 aliphatic carbocycles. The minimum absolute atomic E-state index is 0.121. The molecule has 0 saturated carbocycles. The van der Waals surface area contributed by atoms with E-state index in [1.54, 1.807) is 24.7 Å². The van der Waals surface area contributed by atoms with E-state index in [0.29, 0.717) is 23.6 Å². The van der Waals surface area contributed by atoms with Gasteiger partial charge in [0, 0.05) is 11.8 Å². The lowest BCUT2D eigenvalue weighted by molar-refractivity contribution is -0.768. The summed E-state index contributed by atoms with van der Waals surface area (Å²) in [5.74, 6) is 0.343. The second kappa shape index (κ2) is 6.82. The Hall–Kier alpha value is -3.44. The molecule has 1 aliphatic rings. The number of quaternary nitrogens is 1. The predicted molar refractivity (Wildman–Crippen MR) is 100 cm³/mol. The quantitative estimate of drug-likeness (QED) is 0.680. The van der Waals surface area contributed by atoms with Crippen molar-refractivity contribution in [2.24, 2.45) is 10.1 Å². The topological polar surface area (TPSA) is 54.7 Å². The number of hydrogen-bond donors (Lipinski definition) is 0. The summed E-state index contributed by atoms with van der Waals surface area (Å²) >= 11 is 0. The van der Waals surface area contributed by atoms with Crippen molar-refractivity contribution >= 4 is 18.1 Å². The molecular weight excluding hydrogens is 324 g/mol. The van der Waals surface area contributed by atoms with Gasteiger partial charge in [-0.05, 0) is 29.4 Å². The van der Waals surface area contributed by atoms with Crippen molar-refractivity contribution in [2.75, 3.05) is 0 Å². The minimum atomic E-state index is -0.236. The molecular formula is C21H17N4O+. The fraction of sp³-hybridized carbons (Fsp3) is 0.0476. The second-order valence-corrected chi connectivity index (χ2v) is 6.02. The summed E-state index contributed by atoms with van der Waals surface area (Å²) in [6.45, 7) is 0.397. The van der Waals surface area contributed by atoms with E-state index >= 15 is 0 Å². The summed E-state index contributed by atoms with van der Waals surface area (Å²) in [4.78, 5) is 22.0. The zero-order valence-electron chi connectivity index (χ0n) is 14.1. The van der Waals surface area contributed by atoms with Gasteiger partial charge in [-0.3, -0.25) is 4.98 Å². The number of amides is 1. The van der Waals surface area contributed by atoms with Crippen molar-refractivity contribution in [1.29, 1.82) is 0 Å². The highest BCUT2D eigenvalue weighted by molar-refractivity contribution is 6.05. The first-order valence-corrected chi connectivity index (χ1v) is 8.35. The molecule has 1 aliphatic heterocycles. The fourth-order valence-electron chi connectivity index (χ4n) is 2.90. The maximum absolute atomic E-state index is 13.3. The van der Waals surface area contributed by atoms with Crippen molar-refractivity contribution in [3.05, 3.63) is 102 Å². The minimum Gasteiger partial charge on any atom is -0.253 e. The number of aliphatic imine (C=N–C) groups is 1. The molecule has 126 valence electrons. The van der Waals surface area contributed by atoms with Crippen LogP contribution in [0.3, 0.4) is 0 Å². The third kappa shape index (κ3) is 3.08. The number of nitrogens with zero attached hydrogens (tertiary/aromatic N) is 4. The van der Waals surface area contributed by atoms with Crippen LogP contribution < -0.4 is 0 Å². The molecule has 26 heavy (non-hydrogen) atoms. The number of hydrogen-bond acceptors (Lipinski definition) is 4. The Balaban J connectivity index is 1.77. The predicted octanol–water partition coefficient (Wildman–Crippen LogP) is 3.64. The molecule has 0 N–H and O–H groups in total. The number of carbonyl (C=O) groups excluding carboxylic acids is 1. The van der Waals surface area contributed by atoms with Crippen LogP contribution >= 0.6 is 0 Å². The van der Waals surface area contributed by atoms with Crippen LogP contribution in [-0.4, -0.2) is 27.7 Å². The molecule has 0 radical (unpaired) electrons. The SMILES string of the molecule is O=C(c1ccccc1)[N+]1(Cc2ccccc2)C=NC(c2ccccn2)=N1. The van der Waals surface area contributed by atoms with E-state index in [-0.39, 0.29) is 10.5 Å². The zero-order valence-corrected chi connectivity index (χ0v) is 14.1. The number of amidine groups is 1. The summed E-state index contributed by atoms with van der Waals surface area (Å²) in [7, 11) is 0. The molecule has 0 bridgehead atoms. The van der Waals surface area contributed by atoms with Gasteiger partial charge in [0.2, 0.25) is 12.2 Å². The fourth-order valence-corrected chi connectivity index (χ4v) is 2.90. The average molecular weight is 341 g/mol. The van der Waals surface area contributed by atoms with Crippen LogP contribution in [-0.2, 0) is 6.54 Å². The Kier molecular flexibility index (Phi) is 4.21. The van der Waals surface area contributed by atoms with Crippen molar-refractivity contribution in [3.8, 4) is 0 Å². The van der Waals surface area contributed by atoms with Crippen LogP contribution in [0.4, 0.5) is 0 Å². The molecule has 2 heterocycles. The average Bonchev–Trinajstić information content (AvgIpc) is 3.15. The molecule has 0 fully saturated rings. The standard InChI is InChI=1S/C21H17N4O/c26-21(18-11-5-2-6-12-18)25(15-17-9-3-1-4-10-17)16-23-20(24-25)19-13-7-8-14-22-19/h1-14,16H,15H2/q+1. The van der Waals surface area contributed by atoms with Gasteiger partial charge in [-0.1, -0.05) is 59.2 Å². The molecule has 0 spiro atoms. The van der Waals surface area contributed by atoms with Gasteiger partial charge in [-0.25, -0.2) is 4.79 Å². The monoisotopic (exact) mass is 341 g/mol. The smallest absolute Gasteiger partial charge is 0.253 e. The first-order chi connectivity index (χ1) is 12.8. The number of benzene rings is 2. The van der Waals surface area contributed by atoms with Gasteiger partial charge in [-0.2, -0.15) is 4.99 Å². The lowest BCUT2D eigenvalue weighted by atomic mass is 10.1. The van der Waals surface area contributed by atoms with Crippen molar-refractivity contribution < 1.29 is 9.39 Å². The molecule has 2 aromatic carbocycles. The van der Waals surface area contributed by atoms with Crippen LogP contribution in [0.25, 0.3) is 0 Å². The van der Waals surface area contributed by atoms with Crippen LogP contribution in [0, 0.1) is 0 Å². The van der Waals surface area contributed by atoms with Gasteiger partial charge < -0.3 is 0 Å². The van der Waals surface area contributed by atoms with E-state index in [0.717, 1.165) is 5.56 Å². The molecule has 1 unspecified atom stereocenters. The van der Waals surface area contributed by atoms with Gasteiger partial charge in [0.25, 0.3) is 0 Å². The molecule has 5 heteroatoms. The Labute approximate surface area is 151 Å². The van der Waals surface area contributed by atoms with E-state index in [1.165, 1.54) is 0 Å². The zero-order chi connectivity index (χ0) is 17.8. The first kappa shape index (κ1) is 16.1. The number of aromatic nitrogens is 1. The highest BCUT2D eigenvalue weighted by Crippen LogP contribution is 2.24. The van der Waals surface area contributed by atoms with Gasteiger partial charge in [-0.15, -0.1) is 0 Å². The summed E-state index contributed by atoms with van der Waals surface area (Å²) < 4.78 is -0.236. The van der Waals surface area contributed by atoms with Crippen molar-refractivity contribution in [2.45, 2.75) is 6.54 Å². The Morgan fingerprint density at radius 3 is 2.23 bits per heavy atom. The maximum Gasteiger partial charge on any atom is 0.378 e. The number of carbonyl (C=O) groups is 1. The van der Waals surface area contributed by atoms with E-state index in [4.69, 9.17) is 0 Å². The Morgan fingerprint density at radius 1 is 0.846 bits per heavy atom. The molecule has 5 nitrogen and oxygen atoms in total. The third-order valence-electron chi connectivity index (χ3n) is 4.18. The Bertz CT molecular complexity index is 969. The highest BCUT2D eigenvalue weighted by atomic mass is 16.2. The summed E-state index contributed by atoms with van der Waals surface area (Å²) in [5.41, 5.74) is 2.26. The molecule has 3 aromatic rings. The van der Waals surface area contributed by atoms with E-state index < -0.39 is 0 Å². The number of pyridine rings is 1. The van der Waals surface area contributed by atoms with Crippen molar-refractivity contribution in [3.63, 3.8) is 0 Å². The highest BCUT2D eigenvalue weighted by Gasteiger charge is 2.42. The summed E-state index contributed by atoms with van der Waals surface area (Å²) in [6.07, 6.45) is 3.29. The van der Waals surface area contributed by atoms with E-state index in [2.05, 4.69) is 15.1 Å². The van der Waals surface area contributed by atoms with E-state index in [1.807, 2.05) is 66.7 Å². The molecule has 1 aromatic heterocycles. The van der Waals surface area contributed by atoms with Crippen LogP contribution in [0.1, 0.15) is 21.6 Å². The molecule has 1 atom stereocenters. The number of rotatable bonds is 4. The maximum atomic E-state index is 13.3. The molecule has 1 amide bonds. The van der Waals surface area contributed by atoms with Crippen LogP contribution in [0.2, 0.25) is 0 Å². The van der Waals surface area contributed by atoms with Gasteiger partial charge in [0.1, 0.15) is 12.2 Å². The van der Waals surface area contributed by atoms with E-state index in [9.17, 15) is 4.79 Å². The van der Waals surface area contributed by atoms with Gasteiger partial charge in [0.15, 0.2) is 0 Å². The lowest BCUT2D eigenvalue weighted by Crippen LogP contribution is -2.45. The van der Waals surface area contributed by atoms with Crippen LogP contribution in [0.15, 0.2) is 95.2 Å². The summed E-state index contributed by atoms with van der Waals surface area (Å²) in [5, 5.41) is 4.68. The van der Waals surface area contributed by atoms with Crippen molar-refractivity contribution in [1.82, 2.24) is 4.98 Å². The molecule has 4 rings (SSSR count). The second-order valence-electron chi connectivity index (χ2n) is 6.02. The van der Waals surface area contributed by atoms with Gasteiger partial charge in [0.05, 0.1) is 5.56 Å². The lowest BCUT2D eigenvalue weighted by Gasteiger charge is -2.21. The third-order valence-corrected chi connectivity index (χ3v) is 4.18. The first-order valence-electron chi connectivity index (χ1n) is 8.35. The molecule has 0 saturated heterocycles. The largest absolute Gasteiger partial charge is 0.378 e.